The molecule has 0 aliphatic heterocycles. The summed E-state index contributed by atoms with van der Waals surface area (Å²) in [4.78, 5) is 0. The van der Waals surface area contributed by atoms with Gasteiger partial charge in [-0.05, 0) is 29.1 Å². The van der Waals surface area contributed by atoms with Gasteiger partial charge in [0.15, 0.2) is 0 Å². The van der Waals surface area contributed by atoms with Gasteiger partial charge in [0.1, 0.15) is 4.21 Å². The van der Waals surface area contributed by atoms with Crippen LogP contribution in [0.5, 0.6) is 0 Å². The van der Waals surface area contributed by atoms with Gasteiger partial charge in [-0.1, -0.05) is 29.8 Å². The summed E-state index contributed by atoms with van der Waals surface area (Å²) < 4.78 is 26.0. The van der Waals surface area contributed by atoms with Crippen LogP contribution in [0.25, 0.3) is 0 Å². The topological polar surface area (TPSA) is 37.4 Å². The highest BCUT2D eigenvalue weighted by Gasteiger charge is 2.21. The first kappa shape index (κ1) is 13.5. The van der Waals surface area contributed by atoms with E-state index in [2.05, 4.69) is 0 Å². The number of nitrogens with zero attached hydrogens (tertiary/aromatic N) is 1. The lowest BCUT2D eigenvalue weighted by molar-refractivity contribution is 0.468. The third-order valence-corrected chi connectivity index (χ3v) is 5.87. The molecule has 6 heteroatoms. The van der Waals surface area contributed by atoms with Crippen LogP contribution in [0.2, 0.25) is 5.02 Å². The van der Waals surface area contributed by atoms with Crippen LogP contribution in [0.15, 0.2) is 46.0 Å². The number of rotatable bonds is 4. The average molecular weight is 302 g/mol. The Bertz CT molecular complexity index is 623. The quantitative estimate of drug-likeness (QED) is 0.869. The summed E-state index contributed by atoms with van der Waals surface area (Å²) >= 11 is 7.09. The van der Waals surface area contributed by atoms with E-state index in [0.29, 0.717) is 15.8 Å². The summed E-state index contributed by atoms with van der Waals surface area (Å²) in [5.74, 6) is 0. The van der Waals surface area contributed by atoms with Crippen LogP contribution in [0, 0.1) is 0 Å². The number of sulfonamides is 1. The molecule has 96 valence electrons. The minimum absolute atomic E-state index is 0.306. The number of hydrogen-bond donors (Lipinski definition) is 0. The Labute approximate surface area is 116 Å². The van der Waals surface area contributed by atoms with Crippen LogP contribution < -0.4 is 0 Å². The molecule has 0 fully saturated rings. The van der Waals surface area contributed by atoms with Crippen molar-refractivity contribution in [3.05, 3.63) is 52.4 Å². The molecule has 0 amide bonds. The van der Waals surface area contributed by atoms with Crippen LogP contribution in [0.4, 0.5) is 0 Å². The molecule has 0 radical (unpaired) electrons. The fourth-order valence-electron chi connectivity index (χ4n) is 1.54. The van der Waals surface area contributed by atoms with Crippen molar-refractivity contribution in [2.45, 2.75) is 10.8 Å². The Morgan fingerprint density at radius 3 is 2.67 bits per heavy atom. The highest BCUT2D eigenvalue weighted by atomic mass is 35.5. The second kappa shape index (κ2) is 5.40. The van der Waals surface area contributed by atoms with Gasteiger partial charge in [0, 0.05) is 18.6 Å². The van der Waals surface area contributed by atoms with E-state index in [1.807, 2.05) is 12.1 Å². The normalized spacial score (nSPS) is 11.9. The molecule has 0 saturated carbocycles. The summed E-state index contributed by atoms with van der Waals surface area (Å²) in [6, 6.07) is 10.5. The summed E-state index contributed by atoms with van der Waals surface area (Å²) in [6.45, 7) is 0.306. The van der Waals surface area contributed by atoms with Gasteiger partial charge in [0.05, 0.1) is 0 Å². The van der Waals surface area contributed by atoms with E-state index < -0.39 is 10.0 Å². The first-order valence-electron chi connectivity index (χ1n) is 5.24. The maximum Gasteiger partial charge on any atom is 0.252 e. The predicted octanol–water partition coefficient (Wildman–Crippen LogP) is 3.22. The molecule has 0 aliphatic rings. The lowest BCUT2D eigenvalue weighted by Gasteiger charge is -2.16. The SMILES string of the molecule is CN(Cc1cccc(Cl)c1)S(=O)(=O)c1cccs1. The molecular weight excluding hydrogens is 290 g/mol. The average Bonchev–Trinajstić information content (AvgIpc) is 2.82. The van der Waals surface area contributed by atoms with E-state index in [1.54, 1.807) is 36.7 Å². The second-order valence-electron chi connectivity index (χ2n) is 3.82. The molecular formula is C12H12ClNO2S2. The van der Waals surface area contributed by atoms with Crippen molar-refractivity contribution < 1.29 is 8.42 Å². The highest BCUT2D eigenvalue weighted by Crippen LogP contribution is 2.21. The minimum Gasteiger partial charge on any atom is -0.206 e. The van der Waals surface area contributed by atoms with Gasteiger partial charge >= 0.3 is 0 Å². The molecule has 3 nitrogen and oxygen atoms in total. The zero-order chi connectivity index (χ0) is 13.2. The third-order valence-electron chi connectivity index (χ3n) is 2.45. The minimum atomic E-state index is -3.40. The molecule has 18 heavy (non-hydrogen) atoms. The Balaban J connectivity index is 2.20. The molecule has 0 aliphatic carbocycles. The van der Waals surface area contributed by atoms with E-state index in [0.717, 1.165) is 5.56 Å². The number of hydrogen-bond acceptors (Lipinski definition) is 3. The summed E-state index contributed by atoms with van der Waals surface area (Å²) in [7, 11) is -1.83. The fraction of sp³-hybridized carbons (Fsp3) is 0.167. The van der Waals surface area contributed by atoms with Gasteiger partial charge in [0.25, 0.3) is 10.0 Å². The molecule has 0 atom stereocenters. The molecule has 0 spiro atoms. The van der Waals surface area contributed by atoms with Crippen molar-refractivity contribution in [1.29, 1.82) is 0 Å². The maximum absolute atomic E-state index is 12.2. The highest BCUT2D eigenvalue weighted by molar-refractivity contribution is 7.91. The smallest absolute Gasteiger partial charge is 0.206 e. The van der Waals surface area contributed by atoms with E-state index >= 15 is 0 Å². The van der Waals surface area contributed by atoms with Crippen molar-refractivity contribution in [1.82, 2.24) is 4.31 Å². The largest absolute Gasteiger partial charge is 0.252 e. The predicted molar refractivity (Wildman–Crippen MR) is 74.4 cm³/mol. The lowest BCUT2D eigenvalue weighted by atomic mass is 10.2. The molecule has 0 bridgehead atoms. The molecule has 0 N–H and O–H groups in total. The zero-order valence-electron chi connectivity index (χ0n) is 9.71. The monoisotopic (exact) mass is 301 g/mol. The van der Waals surface area contributed by atoms with Gasteiger partial charge in [-0.25, -0.2) is 8.42 Å². The molecule has 0 unspecified atom stereocenters. The van der Waals surface area contributed by atoms with E-state index in [4.69, 9.17) is 11.6 Å². The van der Waals surface area contributed by atoms with Gasteiger partial charge < -0.3 is 0 Å². The third kappa shape index (κ3) is 2.92. The van der Waals surface area contributed by atoms with Crippen molar-refractivity contribution in [2.75, 3.05) is 7.05 Å². The Hall–Kier alpha value is -0.880. The van der Waals surface area contributed by atoms with Gasteiger partial charge in [-0.2, -0.15) is 4.31 Å². The molecule has 2 aromatic rings. The Morgan fingerprint density at radius 2 is 2.06 bits per heavy atom. The van der Waals surface area contributed by atoms with Crippen LogP contribution in [-0.2, 0) is 16.6 Å². The number of benzene rings is 1. The summed E-state index contributed by atoms with van der Waals surface area (Å²) in [6.07, 6.45) is 0. The van der Waals surface area contributed by atoms with Crippen LogP contribution >= 0.6 is 22.9 Å². The first-order chi connectivity index (χ1) is 8.50. The number of halogens is 1. The van der Waals surface area contributed by atoms with Crippen molar-refractivity contribution in [3.8, 4) is 0 Å². The standard InChI is InChI=1S/C12H12ClNO2S2/c1-14(9-10-4-2-5-11(13)8-10)18(15,16)12-6-3-7-17-12/h2-8H,9H2,1H3. The zero-order valence-corrected chi connectivity index (χ0v) is 12.1. The Kier molecular flexibility index (Phi) is 4.07. The van der Waals surface area contributed by atoms with Crippen LogP contribution in [-0.4, -0.2) is 19.8 Å². The van der Waals surface area contributed by atoms with Gasteiger partial charge in [-0.15, -0.1) is 11.3 Å². The van der Waals surface area contributed by atoms with Gasteiger partial charge in [0.2, 0.25) is 0 Å². The maximum atomic E-state index is 12.2. The van der Waals surface area contributed by atoms with Crippen LogP contribution in [0.1, 0.15) is 5.56 Å². The van der Waals surface area contributed by atoms with Crippen molar-refractivity contribution in [3.63, 3.8) is 0 Å². The Morgan fingerprint density at radius 1 is 1.28 bits per heavy atom. The molecule has 1 heterocycles. The summed E-state index contributed by atoms with van der Waals surface area (Å²) in [5.41, 5.74) is 0.866. The number of thiophene rings is 1. The molecule has 1 aromatic heterocycles. The fourth-order valence-corrected chi connectivity index (χ4v) is 4.11. The second-order valence-corrected chi connectivity index (χ2v) is 7.48. The van der Waals surface area contributed by atoms with E-state index in [-0.39, 0.29) is 0 Å². The van der Waals surface area contributed by atoms with Crippen molar-refractivity contribution >= 4 is 33.0 Å². The van der Waals surface area contributed by atoms with Gasteiger partial charge in [-0.3, -0.25) is 0 Å². The van der Waals surface area contributed by atoms with E-state index in [1.165, 1.54) is 15.6 Å². The molecule has 2 rings (SSSR count). The lowest BCUT2D eigenvalue weighted by Crippen LogP contribution is -2.25. The van der Waals surface area contributed by atoms with E-state index in [9.17, 15) is 8.42 Å². The van der Waals surface area contributed by atoms with Crippen molar-refractivity contribution in [2.24, 2.45) is 0 Å². The molecule has 1 aromatic carbocycles. The summed E-state index contributed by atoms with van der Waals surface area (Å²) in [5, 5.41) is 2.36. The van der Waals surface area contributed by atoms with Crippen LogP contribution in [0.3, 0.4) is 0 Å². The molecule has 0 saturated heterocycles. The first-order valence-corrected chi connectivity index (χ1v) is 7.94.